The van der Waals surface area contributed by atoms with Crippen molar-refractivity contribution < 1.29 is 4.74 Å². The van der Waals surface area contributed by atoms with Gasteiger partial charge in [-0.25, -0.2) is 0 Å². The second kappa shape index (κ2) is 5.57. The summed E-state index contributed by atoms with van der Waals surface area (Å²) in [6.07, 6.45) is 5.04. The smallest absolute Gasteiger partial charge is 0.197 e. The first-order valence-electron chi connectivity index (χ1n) is 7.06. The second-order valence-electron chi connectivity index (χ2n) is 6.48. The van der Waals surface area contributed by atoms with Crippen molar-refractivity contribution in [3.8, 4) is 5.75 Å². The Balaban J connectivity index is 2.00. The van der Waals surface area contributed by atoms with Crippen LogP contribution < -0.4 is 15.8 Å². The zero-order valence-electron chi connectivity index (χ0n) is 12.3. The first-order valence-corrected chi connectivity index (χ1v) is 7.83. The van der Waals surface area contributed by atoms with Crippen molar-refractivity contribution in [1.29, 1.82) is 0 Å². The Labute approximate surface area is 119 Å². The van der Waals surface area contributed by atoms with Gasteiger partial charge in [-0.3, -0.25) is 0 Å². The molecule has 0 spiro atoms. The van der Waals surface area contributed by atoms with Crippen LogP contribution in [-0.4, -0.2) is 16.5 Å². The predicted octanol–water partition coefficient (Wildman–Crippen LogP) is 3.89. The average molecular weight is 283 g/mol. The maximum Gasteiger partial charge on any atom is 0.197 e. The van der Waals surface area contributed by atoms with E-state index in [9.17, 15) is 0 Å². The van der Waals surface area contributed by atoms with E-state index in [-0.39, 0.29) is 6.10 Å². The molecule has 0 bridgehead atoms. The number of hydrogen-bond donors (Lipinski definition) is 2. The minimum absolute atomic E-state index is 0.115. The summed E-state index contributed by atoms with van der Waals surface area (Å²) in [4.78, 5) is 0. The summed E-state index contributed by atoms with van der Waals surface area (Å²) in [6.45, 7) is 8.70. The number of nitrogens with two attached hydrogens (primary N) is 1. The van der Waals surface area contributed by atoms with E-state index < -0.39 is 0 Å². The fourth-order valence-corrected chi connectivity index (χ4v) is 3.19. The quantitative estimate of drug-likeness (QED) is 0.880. The van der Waals surface area contributed by atoms with Gasteiger partial charge in [0, 0.05) is 6.04 Å². The molecule has 108 valence electrons. The number of nitrogens with zero attached hydrogens (tertiary/aromatic N) is 1. The molecule has 0 amide bonds. The number of nitrogen functional groups attached to an aromatic ring is 1. The number of rotatable bonds is 4. The van der Waals surface area contributed by atoms with Gasteiger partial charge in [0.2, 0.25) is 0 Å². The molecule has 1 fully saturated rings. The lowest BCUT2D eigenvalue weighted by Crippen LogP contribution is -2.29. The van der Waals surface area contributed by atoms with Crippen LogP contribution in [0.2, 0.25) is 0 Å². The first-order chi connectivity index (χ1) is 8.87. The molecule has 1 aliphatic rings. The molecule has 1 aliphatic carbocycles. The summed E-state index contributed by atoms with van der Waals surface area (Å²) in [5, 5.41) is 4.55. The van der Waals surface area contributed by atoms with Gasteiger partial charge in [-0.05, 0) is 56.5 Å². The van der Waals surface area contributed by atoms with Gasteiger partial charge >= 0.3 is 0 Å². The third-order valence-corrected chi connectivity index (χ3v) is 4.48. The van der Waals surface area contributed by atoms with Gasteiger partial charge in [-0.15, -0.1) is 0 Å². The Kier molecular flexibility index (Phi) is 4.23. The fraction of sp³-hybridized carbons (Fsp3) is 0.786. The van der Waals surface area contributed by atoms with Crippen molar-refractivity contribution >= 4 is 22.4 Å². The van der Waals surface area contributed by atoms with E-state index >= 15 is 0 Å². The third kappa shape index (κ3) is 3.75. The monoisotopic (exact) mass is 283 g/mol. The Hall–Kier alpha value is -0.970. The van der Waals surface area contributed by atoms with Crippen LogP contribution in [0, 0.1) is 5.41 Å². The van der Waals surface area contributed by atoms with Crippen LogP contribution in [0.25, 0.3) is 0 Å². The lowest BCUT2D eigenvalue weighted by Gasteiger charge is -2.34. The zero-order valence-corrected chi connectivity index (χ0v) is 13.1. The van der Waals surface area contributed by atoms with Gasteiger partial charge in [0.15, 0.2) is 16.6 Å². The molecule has 0 radical (unpaired) electrons. The average Bonchev–Trinajstić information content (AvgIpc) is 2.64. The van der Waals surface area contributed by atoms with Crippen molar-refractivity contribution in [2.45, 2.75) is 65.5 Å². The molecule has 0 unspecified atom stereocenters. The minimum atomic E-state index is 0.115. The molecule has 19 heavy (non-hydrogen) atoms. The summed E-state index contributed by atoms with van der Waals surface area (Å²) in [5.41, 5.74) is 6.36. The summed E-state index contributed by atoms with van der Waals surface area (Å²) in [5.74, 6) is 1.22. The van der Waals surface area contributed by atoms with E-state index in [0.717, 1.165) is 10.8 Å². The standard InChI is InChI=1S/C14H25N3OS/c1-9(2)18-11-12(15)17-19-13(11)16-10-5-7-14(3,4)8-6-10/h9-10,16H,5-8H2,1-4H3,(H2,15,17). The Morgan fingerprint density at radius 3 is 2.58 bits per heavy atom. The van der Waals surface area contributed by atoms with E-state index in [1.807, 2.05) is 13.8 Å². The van der Waals surface area contributed by atoms with Gasteiger partial charge in [0.1, 0.15) is 0 Å². The second-order valence-corrected chi connectivity index (χ2v) is 7.25. The molecule has 1 saturated carbocycles. The highest BCUT2D eigenvalue weighted by atomic mass is 32.1. The van der Waals surface area contributed by atoms with Crippen LogP contribution >= 0.6 is 11.5 Å². The van der Waals surface area contributed by atoms with Gasteiger partial charge in [-0.2, -0.15) is 4.37 Å². The van der Waals surface area contributed by atoms with E-state index in [4.69, 9.17) is 10.5 Å². The lowest BCUT2D eigenvalue weighted by atomic mass is 9.75. The maximum atomic E-state index is 5.87. The number of aromatic nitrogens is 1. The SMILES string of the molecule is CC(C)Oc1c(N)nsc1NC1CCC(C)(C)CC1. The zero-order chi connectivity index (χ0) is 14.0. The van der Waals surface area contributed by atoms with Crippen molar-refractivity contribution in [2.75, 3.05) is 11.1 Å². The van der Waals surface area contributed by atoms with Gasteiger partial charge in [0.25, 0.3) is 0 Å². The molecule has 0 saturated heterocycles. The summed E-state index contributed by atoms with van der Waals surface area (Å²) < 4.78 is 9.95. The highest BCUT2D eigenvalue weighted by Crippen LogP contribution is 2.40. The number of nitrogens with one attached hydrogen (secondary N) is 1. The topological polar surface area (TPSA) is 60.2 Å². The molecule has 5 heteroatoms. The van der Waals surface area contributed by atoms with Crippen LogP contribution in [0.5, 0.6) is 5.75 Å². The number of ether oxygens (including phenoxy) is 1. The maximum absolute atomic E-state index is 5.87. The molecule has 0 aliphatic heterocycles. The third-order valence-electron chi connectivity index (χ3n) is 3.70. The largest absolute Gasteiger partial charge is 0.484 e. The van der Waals surface area contributed by atoms with Crippen molar-refractivity contribution in [3.05, 3.63) is 0 Å². The number of hydrogen-bond acceptors (Lipinski definition) is 5. The van der Waals surface area contributed by atoms with Crippen LogP contribution in [0.15, 0.2) is 0 Å². The van der Waals surface area contributed by atoms with E-state index in [2.05, 4.69) is 23.5 Å². The van der Waals surface area contributed by atoms with E-state index in [0.29, 0.717) is 17.3 Å². The van der Waals surface area contributed by atoms with E-state index in [1.165, 1.54) is 37.2 Å². The van der Waals surface area contributed by atoms with Crippen LogP contribution in [0.1, 0.15) is 53.4 Å². The predicted molar refractivity (Wildman–Crippen MR) is 82.0 cm³/mol. The molecule has 1 heterocycles. The first kappa shape index (κ1) is 14.4. The molecule has 0 atom stereocenters. The lowest BCUT2D eigenvalue weighted by molar-refractivity contribution is 0.230. The molecule has 4 nitrogen and oxygen atoms in total. The molecular formula is C14H25N3OS. The fourth-order valence-electron chi connectivity index (χ4n) is 2.46. The van der Waals surface area contributed by atoms with Gasteiger partial charge in [-0.1, -0.05) is 13.8 Å². The molecule has 0 aromatic carbocycles. The van der Waals surface area contributed by atoms with Crippen LogP contribution in [-0.2, 0) is 0 Å². The minimum Gasteiger partial charge on any atom is -0.484 e. The Morgan fingerprint density at radius 2 is 2.00 bits per heavy atom. The van der Waals surface area contributed by atoms with Gasteiger partial charge < -0.3 is 15.8 Å². The summed E-state index contributed by atoms with van der Waals surface area (Å²) in [6, 6.07) is 0.516. The van der Waals surface area contributed by atoms with Crippen molar-refractivity contribution in [1.82, 2.24) is 4.37 Å². The summed E-state index contributed by atoms with van der Waals surface area (Å²) in [7, 11) is 0. The molecule has 1 aromatic rings. The Morgan fingerprint density at radius 1 is 1.37 bits per heavy atom. The summed E-state index contributed by atoms with van der Waals surface area (Å²) >= 11 is 1.40. The van der Waals surface area contributed by atoms with Crippen molar-refractivity contribution in [2.24, 2.45) is 5.41 Å². The highest BCUT2D eigenvalue weighted by Gasteiger charge is 2.28. The highest BCUT2D eigenvalue weighted by molar-refractivity contribution is 7.11. The molecule has 3 N–H and O–H groups in total. The van der Waals surface area contributed by atoms with Gasteiger partial charge in [0.05, 0.1) is 6.10 Å². The van der Waals surface area contributed by atoms with Crippen LogP contribution in [0.3, 0.4) is 0 Å². The molecule has 1 aromatic heterocycles. The van der Waals surface area contributed by atoms with Crippen LogP contribution in [0.4, 0.5) is 10.8 Å². The normalized spacial score (nSPS) is 19.6. The Bertz CT molecular complexity index is 418. The number of anilines is 2. The van der Waals surface area contributed by atoms with E-state index in [1.54, 1.807) is 0 Å². The molecule has 2 rings (SSSR count). The molecular weight excluding hydrogens is 258 g/mol. The van der Waals surface area contributed by atoms with Crippen molar-refractivity contribution in [3.63, 3.8) is 0 Å².